The first-order valence-corrected chi connectivity index (χ1v) is 6.83. The lowest BCUT2D eigenvalue weighted by molar-refractivity contribution is -0.216. The Labute approximate surface area is 112 Å². The molecule has 2 fully saturated rings. The molecular weight excluding hydrogens is 254 g/mol. The molecule has 19 heavy (non-hydrogen) atoms. The van der Waals surface area contributed by atoms with Crippen molar-refractivity contribution in [1.82, 2.24) is 10.2 Å². The van der Waals surface area contributed by atoms with Gasteiger partial charge in [0.25, 0.3) is 5.91 Å². The Hall–Kier alpha value is -0.750. The Morgan fingerprint density at radius 3 is 2.42 bits per heavy atom. The highest BCUT2D eigenvalue weighted by molar-refractivity contribution is 5.85. The maximum absolute atomic E-state index is 13.8. The normalized spacial score (nSPS) is 23.9. The molecule has 2 saturated carbocycles. The van der Waals surface area contributed by atoms with Crippen LogP contribution in [0.15, 0.2) is 0 Å². The van der Waals surface area contributed by atoms with Gasteiger partial charge in [-0.25, -0.2) is 0 Å². The van der Waals surface area contributed by atoms with Crippen molar-refractivity contribution in [3.05, 3.63) is 0 Å². The number of likely N-dealkylation sites (N-methyl/N-ethyl adjacent to an activating group) is 1. The second kappa shape index (κ2) is 4.98. The number of alkyl halides is 2. The minimum atomic E-state index is -3.69. The van der Waals surface area contributed by atoms with Crippen LogP contribution >= 0.6 is 0 Å². The summed E-state index contributed by atoms with van der Waals surface area (Å²) in [4.78, 5) is 13.6. The minimum absolute atomic E-state index is 0.00679. The minimum Gasteiger partial charge on any atom is -0.383 e. The van der Waals surface area contributed by atoms with E-state index in [-0.39, 0.29) is 25.4 Å². The van der Waals surface area contributed by atoms with Crippen LogP contribution < -0.4 is 5.32 Å². The van der Waals surface area contributed by atoms with Crippen molar-refractivity contribution in [2.24, 2.45) is 5.92 Å². The number of carbonyl (C=O) groups is 1. The van der Waals surface area contributed by atoms with Crippen molar-refractivity contribution >= 4 is 5.91 Å². The van der Waals surface area contributed by atoms with E-state index < -0.39 is 17.4 Å². The van der Waals surface area contributed by atoms with Crippen LogP contribution in [0.5, 0.6) is 0 Å². The van der Waals surface area contributed by atoms with Crippen LogP contribution in [0.2, 0.25) is 0 Å². The van der Waals surface area contributed by atoms with E-state index >= 15 is 0 Å². The summed E-state index contributed by atoms with van der Waals surface area (Å²) in [6.45, 7) is 0.210. The Balaban J connectivity index is 1.89. The van der Waals surface area contributed by atoms with Gasteiger partial charge in [0.1, 0.15) is 5.60 Å². The van der Waals surface area contributed by atoms with E-state index in [2.05, 4.69) is 5.32 Å². The largest absolute Gasteiger partial charge is 0.383 e. The fraction of sp³-hybridized carbons (Fsp3) is 0.923. The zero-order chi connectivity index (χ0) is 14.3. The number of halogens is 2. The number of amides is 1. The lowest BCUT2D eigenvalue weighted by Crippen LogP contribution is -2.61. The van der Waals surface area contributed by atoms with Gasteiger partial charge in [-0.2, -0.15) is 8.78 Å². The van der Waals surface area contributed by atoms with E-state index in [0.717, 1.165) is 12.8 Å². The molecule has 1 unspecified atom stereocenters. The molecule has 0 radical (unpaired) electrons. The SMILES string of the molecule is CN(C)C(CNC(=O)C(F)(F)C1(O)CCC1)C1CC1. The fourth-order valence-corrected chi connectivity index (χ4v) is 2.60. The highest BCUT2D eigenvalue weighted by Crippen LogP contribution is 2.44. The summed E-state index contributed by atoms with van der Waals surface area (Å²) in [5.41, 5.74) is -2.13. The third kappa shape index (κ3) is 2.74. The Morgan fingerprint density at radius 2 is 2.05 bits per heavy atom. The maximum Gasteiger partial charge on any atom is 0.352 e. The molecule has 2 aliphatic carbocycles. The number of hydrogen-bond donors (Lipinski definition) is 2. The highest BCUT2D eigenvalue weighted by atomic mass is 19.3. The van der Waals surface area contributed by atoms with Gasteiger partial charge < -0.3 is 15.3 Å². The Bertz CT molecular complexity index is 351. The summed E-state index contributed by atoms with van der Waals surface area (Å²) in [7, 11) is 3.76. The van der Waals surface area contributed by atoms with Crippen molar-refractivity contribution in [2.75, 3.05) is 20.6 Å². The summed E-state index contributed by atoms with van der Waals surface area (Å²) < 4.78 is 27.7. The quantitative estimate of drug-likeness (QED) is 0.761. The van der Waals surface area contributed by atoms with Crippen molar-refractivity contribution in [3.8, 4) is 0 Å². The van der Waals surface area contributed by atoms with Gasteiger partial charge in [0.05, 0.1) is 0 Å². The number of carbonyl (C=O) groups excluding carboxylic acids is 1. The third-order valence-electron chi connectivity index (χ3n) is 4.35. The molecule has 0 aliphatic heterocycles. The van der Waals surface area contributed by atoms with Gasteiger partial charge in [0, 0.05) is 12.6 Å². The Morgan fingerprint density at radius 1 is 1.47 bits per heavy atom. The smallest absolute Gasteiger partial charge is 0.352 e. The standard InChI is InChI=1S/C13H22F2N2O2/c1-17(2)10(9-4-5-9)8-16-11(18)13(14,15)12(19)6-3-7-12/h9-10,19H,3-8H2,1-2H3,(H,16,18). The molecule has 0 spiro atoms. The molecule has 0 heterocycles. The van der Waals surface area contributed by atoms with Crippen molar-refractivity contribution in [1.29, 1.82) is 0 Å². The molecule has 1 atom stereocenters. The summed E-state index contributed by atoms with van der Waals surface area (Å²) in [5.74, 6) is -4.55. The Kier molecular flexibility index (Phi) is 3.84. The number of nitrogens with one attached hydrogen (secondary N) is 1. The van der Waals surface area contributed by atoms with Crippen molar-refractivity contribution < 1.29 is 18.7 Å². The first kappa shape index (κ1) is 14.7. The average Bonchev–Trinajstić information content (AvgIpc) is 3.09. The predicted molar refractivity (Wildman–Crippen MR) is 67.0 cm³/mol. The molecule has 2 rings (SSSR count). The molecule has 1 amide bonds. The lowest BCUT2D eigenvalue weighted by atomic mass is 9.75. The van der Waals surface area contributed by atoms with Gasteiger partial charge in [0.2, 0.25) is 0 Å². The molecule has 0 aromatic carbocycles. The number of rotatable bonds is 6. The van der Waals surface area contributed by atoms with E-state index in [1.165, 1.54) is 0 Å². The van der Waals surface area contributed by atoms with Crippen LogP contribution in [-0.4, -0.2) is 54.1 Å². The van der Waals surface area contributed by atoms with Crippen LogP contribution in [0.1, 0.15) is 32.1 Å². The predicted octanol–water partition coefficient (Wildman–Crippen LogP) is 0.993. The highest BCUT2D eigenvalue weighted by Gasteiger charge is 2.61. The number of hydrogen-bond acceptors (Lipinski definition) is 3. The molecule has 2 N–H and O–H groups in total. The van der Waals surface area contributed by atoms with Gasteiger partial charge in [0.15, 0.2) is 0 Å². The molecule has 0 bridgehead atoms. The van der Waals surface area contributed by atoms with E-state index in [1.807, 2.05) is 19.0 Å². The molecule has 0 aromatic heterocycles. The molecule has 2 aliphatic rings. The second-order valence-electron chi connectivity index (χ2n) is 6.04. The van der Waals surface area contributed by atoms with Crippen molar-refractivity contribution in [2.45, 2.75) is 49.7 Å². The molecule has 6 heteroatoms. The zero-order valence-electron chi connectivity index (χ0n) is 11.5. The van der Waals surface area contributed by atoms with Crippen LogP contribution in [0.3, 0.4) is 0 Å². The van der Waals surface area contributed by atoms with Gasteiger partial charge in [-0.15, -0.1) is 0 Å². The summed E-state index contributed by atoms with van der Waals surface area (Å²) in [6.07, 6.45) is 2.69. The van der Waals surface area contributed by atoms with Gasteiger partial charge in [-0.3, -0.25) is 4.79 Å². The van der Waals surface area contributed by atoms with E-state index in [0.29, 0.717) is 12.3 Å². The summed E-state index contributed by atoms with van der Waals surface area (Å²) >= 11 is 0. The molecule has 110 valence electrons. The van der Waals surface area contributed by atoms with Crippen molar-refractivity contribution in [3.63, 3.8) is 0 Å². The van der Waals surface area contributed by atoms with E-state index in [9.17, 15) is 18.7 Å². The number of aliphatic hydroxyl groups is 1. The molecule has 0 aromatic rings. The lowest BCUT2D eigenvalue weighted by Gasteiger charge is -2.41. The topological polar surface area (TPSA) is 52.6 Å². The first-order chi connectivity index (χ1) is 8.78. The van der Waals surface area contributed by atoms with Crippen LogP contribution in [-0.2, 0) is 4.79 Å². The van der Waals surface area contributed by atoms with E-state index in [4.69, 9.17) is 0 Å². The monoisotopic (exact) mass is 276 g/mol. The summed E-state index contributed by atoms with van der Waals surface area (Å²) in [6, 6.07) is 0.0933. The third-order valence-corrected chi connectivity index (χ3v) is 4.35. The molecule has 0 saturated heterocycles. The van der Waals surface area contributed by atoms with Gasteiger partial charge in [-0.05, 0) is 52.1 Å². The molecular formula is C13H22F2N2O2. The molecule has 4 nitrogen and oxygen atoms in total. The fourth-order valence-electron chi connectivity index (χ4n) is 2.60. The average molecular weight is 276 g/mol. The van der Waals surface area contributed by atoms with Crippen LogP contribution in [0.25, 0.3) is 0 Å². The zero-order valence-corrected chi connectivity index (χ0v) is 11.5. The van der Waals surface area contributed by atoms with Gasteiger partial charge in [-0.1, -0.05) is 0 Å². The van der Waals surface area contributed by atoms with Crippen LogP contribution in [0, 0.1) is 5.92 Å². The maximum atomic E-state index is 13.8. The number of nitrogens with zero attached hydrogens (tertiary/aromatic N) is 1. The summed E-state index contributed by atoms with van der Waals surface area (Å²) in [5, 5.41) is 12.0. The van der Waals surface area contributed by atoms with Crippen LogP contribution in [0.4, 0.5) is 8.78 Å². The first-order valence-electron chi connectivity index (χ1n) is 6.83. The second-order valence-corrected chi connectivity index (χ2v) is 6.04. The van der Waals surface area contributed by atoms with Gasteiger partial charge >= 0.3 is 5.92 Å². The van der Waals surface area contributed by atoms with E-state index in [1.54, 1.807) is 0 Å².